The summed E-state index contributed by atoms with van der Waals surface area (Å²) in [6, 6.07) is 0. The summed E-state index contributed by atoms with van der Waals surface area (Å²) in [4.78, 5) is 4.45. The summed E-state index contributed by atoms with van der Waals surface area (Å²) in [5.74, 6) is 0.412. The van der Waals surface area contributed by atoms with Crippen LogP contribution >= 0.6 is 0 Å². The first-order valence-corrected chi connectivity index (χ1v) is 11.5. The lowest BCUT2D eigenvalue weighted by molar-refractivity contribution is -0.380. The van der Waals surface area contributed by atoms with Crippen molar-refractivity contribution in [3.63, 3.8) is 0 Å². The third-order valence-electron chi connectivity index (χ3n) is 4.98. The Morgan fingerprint density at radius 3 is 1.67 bits per heavy atom. The van der Waals surface area contributed by atoms with Gasteiger partial charge in [-0.25, -0.2) is 0 Å². The van der Waals surface area contributed by atoms with Crippen molar-refractivity contribution < 1.29 is 14.2 Å². The molecule has 0 saturated heterocycles. The zero-order chi connectivity index (χ0) is 19.6. The first-order valence-electron chi connectivity index (χ1n) is 11.5. The maximum atomic E-state index is 5.78. The van der Waals surface area contributed by atoms with Gasteiger partial charge in [0, 0.05) is 39.2 Å². The topological polar surface area (TPSA) is 52.1 Å². The summed E-state index contributed by atoms with van der Waals surface area (Å²) in [6.07, 6.45) is 15.0. The molecule has 0 fully saturated rings. The lowest BCUT2D eigenvalue weighted by Crippen LogP contribution is -2.39. The van der Waals surface area contributed by atoms with Crippen LogP contribution < -0.4 is 5.32 Å². The minimum Gasteiger partial charge on any atom is -0.372 e. The molecule has 0 aromatic carbocycles. The van der Waals surface area contributed by atoms with E-state index in [1.807, 2.05) is 20.8 Å². The van der Waals surface area contributed by atoms with Crippen LogP contribution in [0.5, 0.6) is 0 Å². The van der Waals surface area contributed by atoms with Gasteiger partial charge in [0.05, 0.1) is 12.4 Å². The van der Waals surface area contributed by atoms with E-state index in [1.54, 1.807) is 0 Å². The normalized spacial score (nSPS) is 14.4. The van der Waals surface area contributed by atoms with Crippen molar-refractivity contribution in [2.24, 2.45) is 4.99 Å². The highest BCUT2D eigenvalue weighted by Crippen LogP contribution is 2.24. The second kappa shape index (κ2) is 16.3. The van der Waals surface area contributed by atoms with E-state index in [0.717, 1.165) is 32.4 Å². The Hall–Kier alpha value is -0.650. The number of hydrogen-bond donors (Lipinski definition) is 1. The molecule has 1 rings (SSSR count). The molecule has 0 saturated carbocycles. The molecule has 1 aliphatic rings. The molecule has 0 radical (unpaired) electrons. The summed E-state index contributed by atoms with van der Waals surface area (Å²) >= 11 is 0. The maximum Gasteiger partial charge on any atom is 0.282 e. The number of unbranched alkanes of at least 4 members (excludes halogenated alkanes) is 9. The molecule has 5 nitrogen and oxygen atoms in total. The minimum absolute atomic E-state index is 0.616. The minimum atomic E-state index is -0.822. The van der Waals surface area contributed by atoms with Gasteiger partial charge in [-0.3, -0.25) is 4.99 Å². The number of amidine groups is 1. The molecular weight excluding hydrogens is 340 g/mol. The fourth-order valence-electron chi connectivity index (χ4n) is 3.66. The Kier molecular flexibility index (Phi) is 14.7. The molecule has 0 aromatic rings. The molecule has 0 aliphatic carbocycles. The molecule has 0 aromatic heterocycles. The van der Waals surface area contributed by atoms with E-state index in [4.69, 9.17) is 14.2 Å². The van der Waals surface area contributed by atoms with E-state index in [-0.39, 0.29) is 0 Å². The predicted octanol–water partition coefficient (Wildman–Crippen LogP) is 5.43. The van der Waals surface area contributed by atoms with Gasteiger partial charge in [0.1, 0.15) is 0 Å². The molecular formula is C22H44N2O3. The predicted molar refractivity (Wildman–Crippen MR) is 113 cm³/mol. The lowest BCUT2D eigenvalue weighted by atomic mass is 10.0. The fourth-order valence-corrected chi connectivity index (χ4v) is 3.66. The van der Waals surface area contributed by atoms with Gasteiger partial charge in [0.25, 0.3) is 5.97 Å². The smallest absolute Gasteiger partial charge is 0.282 e. The average molecular weight is 385 g/mol. The number of aliphatic imine (C=N–C) groups is 1. The van der Waals surface area contributed by atoms with Crippen LogP contribution in [0.25, 0.3) is 0 Å². The van der Waals surface area contributed by atoms with E-state index in [0.29, 0.717) is 19.8 Å². The summed E-state index contributed by atoms with van der Waals surface area (Å²) < 4.78 is 17.3. The van der Waals surface area contributed by atoms with Gasteiger partial charge in [-0.05, 0) is 33.6 Å². The average Bonchev–Trinajstić information content (AvgIpc) is 3.17. The zero-order valence-electron chi connectivity index (χ0n) is 18.2. The highest BCUT2D eigenvalue weighted by Gasteiger charge is 2.31. The number of ether oxygens (including phenoxy) is 3. The van der Waals surface area contributed by atoms with Gasteiger partial charge < -0.3 is 19.5 Å². The van der Waals surface area contributed by atoms with E-state index in [9.17, 15) is 0 Å². The van der Waals surface area contributed by atoms with Gasteiger partial charge in [-0.2, -0.15) is 0 Å². The highest BCUT2D eigenvalue weighted by molar-refractivity contribution is 5.83. The third kappa shape index (κ3) is 11.7. The van der Waals surface area contributed by atoms with Gasteiger partial charge >= 0.3 is 0 Å². The second-order valence-electron chi connectivity index (χ2n) is 7.27. The molecule has 0 spiro atoms. The molecule has 0 amide bonds. The summed E-state index contributed by atoms with van der Waals surface area (Å²) in [7, 11) is 0. The van der Waals surface area contributed by atoms with Gasteiger partial charge in [0.15, 0.2) is 0 Å². The highest BCUT2D eigenvalue weighted by atomic mass is 16.9. The van der Waals surface area contributed by atoms with Gasteiger partial charge in [-0.15, -0.1) is 0 Å². The van der Waals surface area contributed by atoms with Crippen LogP contribution in [0, 0.1) is 0 Å². The number of rotatable bonds is 19. The number of nitrogens with one attached hydrogen (secondary N) is 1. The molecule has 1 heterocycles. The lowest BCUT2D eigenvalue weighted by Gasteiger charge is -2.32. The van der Waals surface area contributed by atoms with E-state index >= 15 is 0 Å². The van der Waals surface area contributed by atoms with Crippen LogP contribution in [0.3, 0.4) is 0 Å². The Bertz CT molecular complexity index is 358. The van der Waals surface area contributed by atoms with Crippen LogP contribution in [-0.4, -0.2) is 44.7 Å². The summed E-state index contributed by atoms with van der Waals surface area (Å²) in [6.45, 7) is 9.84. The van der Waals surface area contributed by atoms with Crippen LogP contribution in [0.15, 0.2) is 4.99 Å². The van der Waals surface area contributed by atoms with Crippen molar-refractivity contribution in [1.82, 2.24) is 5.32 Å². The van der Waals surface area contributed by atoms with Crippen LogP contribution in [-0.2, 0) is 14.2 Å². The molecule has 5 heteroatoms. The Morgan fingerprint density at radius 1 is 0.741 bits per heavy atom. The van der Waals surface area contributed by atoms with E-state index in [1.165, 1.54) is 63.6 Å². The summed E-state index contributed by atoms with van der Waals surface area (Å²) in [5.41, 5.74) is 0. The van der Waals surface area contributed by atoms with Crippen molar-refractivity contribution in [2.75, 3.05) is 32.9 Å². The Labute approximate surface area is 167 Å². The standard InChI is InChI=1S/C22H44N2O3/c1-4-25-22(26-5-2,27-6-3)18-16-14-12-10-8-7-9-11-13-15-17-21-23-19-20-24-21/h4-20H2,1-3H3,(H,23,24). The number of hydrogen-bond acceptors (Lipinski definition) is 5. The zero-order valence-corrected chi connectivity index (χ0v) is 18.2. The molecule has 0 unspecified atom stereocenters. The summed E-state index contributed by atoms with van der Waals surface area (Å²) in [5, 5.41) is 3.35. The van der Waals surface area contributed by atoms with Crippen molar-refractivity contribution in [3.8, 4) is 0 Å². The molecule has 0 atom stereocenters. The monoisotopic (exact) mass is 384 g/mol. The number of nitrogens with zero attached hydrogens (tertiary/aromatic N) is 1. The fraction of sp³-hybridized carbons (Fsp3) is 0.955. The molecule has 1 N–H and O–H groups in total. The van der Waals surface area contributed by atoms with Gasteiger partial charge in [-0.1, -0.05) is 51.4 Å². The Morgan fingerprint density at radius 2 is 1.22 bits per heavy atom. The maximum absolute atomic E-state index is 5.78. The molecule has 0 bridgehead atoms. The quantitative estimate of drug-likeness (QED) is 0.238. The van der Waals surface area contributed by atoms with E-state index < -0.39 is 5.97 Å². The SMILES string of the molecule is CCOC(CCCCCCCCCCCCC1=NCCN1)(OCC)OCC. The van der Waals surface area contributed by atoms with Crippen LogP contribution in [0.2, 0.25) is 0 Å². The van der Waals surface area contributed by atoms with Crippen molar-refractivity contribution in [1.29, 1.82) is 0 Å². The van der Waals surface area contributed by atoms with Crippen LogP contribution in [0.1, 0.15) is 97.8 Å². The molecule has 27 heavy (non-hydrogen) atoms. The van der Waals surface area contributed by atoms with Crippen molar-refractivity contribution in [2.45, 2.75) is 104 Å². The first-order chi connectivity index (χ1) is 13.3. The first kappa shape index (κ1) is 24.4. The van der Waals surface area contributed by atoms with Crippen molar-refractivity contribution in [3.05, 3.63) is 0 Å². The van der Waals surface area contributed by atoms with Gasteiger partial charge in [0.2, 0.25) is 0 Å². The second-order valence-corrected chi connectivity index (χ2v) is 7.27. The molecule has 1 aliphatic heterocycles. The Balaban J connectivity index is 1.93. The van der Waals surface area contributed by atoms with Crippen molar-refractivity contribution >= 4 is 5.84 Å². The van der Waals surface area contributed by atoms with Crippen LogP contribution in [0.4, 0.5) is 0 Å². The third-order valence-corrected chi connectivity index (χ3v) is 4.98. The largest absolute Gasteiger partial charge is 0.372 e. The van der Waals surface area contributed by atoms with E-state index in [2.05, 4.69) is 10.3 Å². The molecule has 160 valence electrons.